The lowest BCUT2D eigenvalue weighted by molar-refractivity contribution is 0.100. The predicted octanol–water partition coefficient (Wildman–Crippen LogP) is 0.00960. The highest BCUT2D eigenvalue weighted by atomic mass is 32.3. The van der Waals surface area contributed by atoms with Gasteiger partial charge in [0, 0.05) is 5.56 Å². The smallest absolute Gasteiger partial charge is 0.362 e. The van der Waals surface area contributed by atoms with Gasteiger partial charge in [-0.3, -0.25) is 9.35 Å². The van der Waals surface area contributed by atoms with E-state index in [1.54, 1.807) is 0 Å². The van der Waals surface area contributed by atoms with Gasteiger partial charge in [0.05, 0.1) is 6.54 Å². The highest BCUT2D eigenvalue weighted by molar-refractivity contribution is 7.81. The summed E-state index contributed by atoms with van der Waals surface area (Å²) in [6.07, 6.45) is 0. The average molecular weight is 231 g/mol. The molecule has 0 saturated carbocycles. The van der Waals surface area contributed by atoms with Gasteiger partial charge >= 0.3 is 10.4 Å². The van der Waals surface area contributed by atoms with E-state index in [0.29, 0.717) is 5.56 Å². The lowest BCUT2D eigenvalue weighted by atomic mass is 10.1. The second kappa shape index (κ2) is 4.39. The number of rotatable bonds is 4. The summed E-state index contributed by atoms with van der Waals surface area (Å²) < 4.78 is 33.2. The van der Waals surface area contributed by atoms with Crippen LogP contribution in [-0.2, 0) is 10.4 Å². The minimum Gasteiger partial charge on any atom is -0.362 e. The van der Waals surface area contributed by atoms with E-state index in [1.807, 2.05) is 0 Å². The highest BCUT2D eigenvalue weighted by Crippen LogP contribution is 2.13. The molecular formula is C8H9NO5S. The van der Waals surface area contributed by atoms with Crippen LogP contribution in [-0.4, -0.2) is 25.3 Å². The molecule has 15 heavy (non-hydrogen) atoms. The monoisotopic (exact) mass is 231 g/mol. The van der Waals surface area contributed by atoms with Crippen LogP contribution in [0.4, 0.5) is 0 Å². The minimum absolute atomic E-state index is 0.0777. The molecule has 0 radical (unpaired) electrons. The molecule has 82 valence electrons. The zero-order chi connectivity index (χ0) is 11.5. The van der Waals surface area contributed by atoms with Crippen LogP contribution in [0.15, 0.2) is 24.3 Å². The van der Waals surface area contributed by atoms with Gasteiger partial charge < -0.3 is 9.92 Å². The Labute approximate surface area is 86.6 Å². The molecule has 0 atom stereocenters. The van der Waals surface area contributed by atoms with E-state index >= 15 is 0 Å². The molecule has 0 saturated heterocycles. The molecular weight excluding hydrogens is 222 g/mol. The molecule has 6 nitrogen and oxygen atoms in total. The number of benzene rings is 1. The van der Waals surface area contributed by atoms with Crippen LogP contribution < -0.4 is 9.92 Å². The summed E-state index contributed by atoms with van der Waals surface area (Å²) in [4.78, 5) is 11.1. The van der Waals surface area contributed by atoms with Gasteiger partial charge in [0.1, 0.15) is 5.75 Å². The molecule has 1 aromatic rings. The number of carbonyl (C=O) groups excluding carboxylic acids is 1. The Hall–Kier alpha value is -1.44. The molecule has 0 spiro atoms. The van der Waals surface area contributed by atoms with Crippen LogP contribution in [0.1, 0.15) is 10.4 Å². The van der Waals surface area contributed by atoms with Crippen molar-refractivity contribution in [3.05, 3.63) is 29.8 Å². The van der Waals surface area contributed by atoms with Crippen molar-refractivity contribution in [2.75, 3.05) is 6.54 Å². The summed E-state index contributed by atoms with van der Waals surface area (Å²) in [6, 6.07) is 5.21. The third-order valence-electron chi connectivity index (χ3n) is 1.56. The van der Waals surface area contributed by atoms with Crippen molar-refractivity contribution in [3.63, 3.8) is 0 Å². The molecule has 0 heterocycles. The summed E-state index contributed by atoms with van der Waals surface area (Å²) in [5, 5.41) is 0. The van der Waals surface area contributed by atoms with E-state index in [4.69, 9.17) is 10.3 Å². The van der Waals surface area contributed by atoms with Gasteiger partial charge in [0.25, 0.3) is 0 Å². The second-order valence-corrected chi connectivity index (χ2v) is 3.68. The molecule has 0 aliphatic carbocycles. The van der Waals surface area contributed by atoms with Crippen LogP contribution in [0.5, 0.6) is 5.75 Å². The fraction of sp³-hybridized carbons (Fsp3) is 0.125. The molecule has 0 aromatic heterocycles. The second-order valence-electron chi connectivity index (χ2n) is 2.66. The first kappa shape index (κ1) is 11.6. The summed E-state index contributed by atoms with van der Waals surface area (Å²) in [7, 11) is -4.53. The molecule has 7 heteroatoms. The summed E-state index contributed by atoms with van der Waals surface area (Å²) in [6.45, 7) is -0.126. The van der Waals surface area contributed by atoms with Gasteiger partial charge in [-0.2, -0.15) is 8.42 Å². The quantitative estimate of drug-likeness (QED) is 0.558. The van der Waals surface area contributed by atoms with Crippen LogP contribution in [0.2, 0.25) is 0 Å². The third-order valence-corrected chi connectivity index (χ3v) is 1.97. The fourth-order valence-corrected chi connectivity index (χ4v) is 1.29. The van der Waals surface area contributed by atoms with Crippen molar-refractivity contribution in [2.24, 2.45) is 5.73 Å². The largest absolute Gasteiger partial charge is 0.446 e. The van der Waals surface area contributed by atoms with Crippen molar-refractivity contribution >= 4 is 16.2 Å². The number of nitrogens with two attached hydrogens (primary N) is 1. The Bertz CT molecular complexity index is 450. The molecule has 0 aliphatic heterocycles. The molecule has 3 N–H and O–H groups in total. The predicted molar refractivity (Wildman–Crippen MR) is 52.0 cm³/mol. The maximum atomic E-state index is 11.1. The van der Waals surface area contributed by atoms with Gasteiger partial charge in [0.2, 0.25) is 0 Å². The van der Waals surface area contributed by atoms with Crippen molar-refractivity contribution in [1.82, 2.24) is 0 Å². The highest BCUT2D eigenvalue weighted by Gasteiger charge is 2.08. The van der Waals surface area contributed by atoms with Gasteiger partial charge in [-0.25, -0.2) is 0 Å². The summed E-state index contributed by atoms with van der Waals surface area (Å²) in [5.41, 5.74) is 5.47. The molecule has 1 aromatic carbocycles. The number of hydrogen-bond donors (Lipinski definition) is 2. The molecule has 0 aliphatic rings. The first-order chi connectivity index (χ1) is 6.92. The first-order valence-electron chi connectivity index (χ1n) is 3.92. The van der Waals surface area contributed by atoms with E-state index in [1.165, 1.54) is 24.3 Å². The Morgan fingerprint density at radius 3 is 2.27 bits per heavy atom. The number of hydrogen-bond acceptors (Lipinski definition) is 5. The maximum Gasteiger partial charge on any atom is 0.446 e. The SMILES string of the molecule is NCC(=O)c1ccc(OS(=O)(=O)O)cc1. The van der Waals surface area contributed by atoms with E-state index < -0.39 is 10.4 Å². The van der Waals surface area contributed by atoms with Gasteiger partial charge in [-0.15, -0.1) is 0 Å². The summed E-state index contributed by atoms with van der Waals surface area (Å²) in [5.74, 6) is -0.348. The van der Waals surface area contributed by atoms with Crippen LogP contribution >= 0.6 is 0 Å². The van der Waals surface area contributed by atoms with Crippen LogP contribution in [0.25, 0.3) is 0 Å². The van der Waals surface area contributed by atoms with Crippen molar-refractivity contribution in [1.29, 1.82) is 0 Å². The lowest BCUT2D eigenvalue weighted by Gasteiger charge is -2.02. The summed E-state index contributed by atoms with van der Waals surface area (Å²) >= 11 is 0. The number of carbonyl (C=O) groups is 1. The van der Waals surface area contributed by atoms with Gasteiger partial charge in [0.15, 0.2) is 5.78 Å². The van der Waals surface area contributed by atoms with E-state index in [0.717, 1.165) is 0 Å². The van der Waals surface area contributed by atoms with Crippen molar-refractivity contribution in [3.8, 4) is 5.75 Å². The molecule has 1 rings (SSSR count). The number of Topliss-reactive ketones (excluding diaryl/α,β-unsaturated/α-hetero) is 1. The van der Waals surface area contributed by atoms with Crippen LogP contribution in [0.3, 0.4) is 0 Å². The topological polar surface area (TPSA) is 107 Å². The Balaban J connectivity index is 2.86. The zero-order valence-electron chi connectivity index (χ0n) is 7.58. The van der Waals surface area contributed by atoms with Crippen molar-refractivity contribution < 1.29 is 21.9 Å². The normalized spacial score (nSPS) is 11.1. The van der Waals surface area contributed by atoms with Crippen molar-refractivity contribution in [2.45, 2.75) is 0 Å². The maximum absolute atomic E-state index is 11.1. The first-order valence-corrected chi connectivity index (χ1v) is 5.29. The Morgan fingerprint density at radius 2 is 1.87 bits per heavy atom. The van der Waals surface area contributed by atoms with E-state index in [-0.39, 0.29) is 18.1 Å². The van der Waals surface area contributed by atoms with Gasteiger partial charge in [-0.05, 0) is 24.3 Å². The minimum atomic E-state index is -4.53. The van der Waals surface area contributed by atoms with E-state index in [9.17, 15) is 13.2 Å². The molecule has 0 fully saturated rings. The van der Waals surface area contributed by atoms with Gasteiger partial charge in [-0.1, -0.05) is 0 Å². The van der Waals surface area contributed by atoms with E-state index in [2.05, 4.69) is 4.18 Å². The standard InChI is InChI=1S/C8H9NO5S/c9-5-8(10)6-1-3-7(4-2-6)14-15(11,12)13/h1-4H,5,9H2,(H,11,12,13). The molecule has 0 amide bonds. The molecule has 0 unspecified atom stereocenters. The Kier molecular flexibility index (Phi) is 3.40. The average Bonchev–Trinajstić information content (AvgIpc) is 2.15. The zero-order valence-corrected chi connectivity index (χ0v) is 8.40. The Morgan fingerprint density at radius 1 is 1.33 bits per heavy atom. The molecule has 0 bridgehead atoms. The fourth-order valence-electron chi connectivity index (χ4n) is 0.936. The van der Waals surface area contributed by atoms with Crippen LogP contribution in [0, 0.1) is 0 Å². The third kappa shape index (κ3) is 3.66. The lowest BCUT2D eigenvalue weighted by Crippen LogP contribution is -2.13. The number of ketones is 1.